The average molecular weight is 640 g/mol. The molecule has 0 spiro atoms. The number of rotatable bonds is 3. The molecule has 5 rings (SSSR count). The van der Waals surface area contributed by atoms with Crippen molar-refractivity contribution in [1.82, 2.24) is 15.5 Å². The Morgan fingerprint density at radius 1 is 1.02 bits per heavy atom. The van der Waals surface area contributed by atoms with Crippen molar-refractivity contribution in [3.63, 3.8) is 0 Å². The number of benzene rings is 3. The van der Waals surface area contributed by atoms with Crippen LogP contribution in [0.2, 0.25) is 0 Å². The van der Waals surface area contributed by atoms with Crippen LogP contribution in [0.5, 0.6) is 17.2 Å². The lowest BCUT2D eigenvalue weighted by Crippen LogP contribution is -2.58. The summed E-state index contributed by atoms with van der Waals surface area (Å²) in [6.45, 7) is -0.0192. The van der Waals surface area contributed by atoms with E-state index in [2.05, 4.69) is 10.6 Å². The zero-order valence-corrected chi connectivity index (χ0v) is 25.7. The van der Waals surface area contributed by atoms with Crippen molar-refractivity contribution in [2.75, 3.05) is 33.1 Å². The third kappa shape index (κ3) is 8.09. The first kappa shape index (κ1) is 31.8. The number of fused-ring (bicyclic) bond motifs is 5. The first-order valence-electron chi connectivity index (χ1n) is 14.4. The highest BCUT2D eigenvalue weighted by Crippen LogP contribution is 2.29. The van der Waals surface area contributed by atoms with Crippen LogP contribution in [-0.4, -0.2) is 76.2 Å². The largest absolute Gasteiger partial charge is 0.493 e. The topological polar surface area (TPSA) is 140 Å². The van der Waals surface area contributed by atoms with Crippen molar-refractivity contribution in [2.45, 2.75) is 42.8 Å². The van der Waals surface area contributed by atoms with Crippen molar-refractivity contribution in [3.05, 3.63) is 83.2 Å². The van der Waals surface area contributed by atoms with E-state index in [1.54, 1.807) is 24.3 Å². The number of aryl methyl sites for hydroxylation is 1. The molecule has 0 unspecified atom stereocenters. The number of amides is 3. The lowest BCUT2D eigenvalue weighted by molar-refractivity contribution is -0.125. The third-order valence-corrected chi connectivity index (χ3v) is 8.74. The summed E-state index contributed by atoms with van der Waals surface area (Å²) < 4.78 is 56.1. The van der Waals surface area contributed by atoms with Gasteiger partial charge in [-0.3, -0.25) is 14.4 Å². The molecule has 2 aliphatic heterocycles. The van der Waals surface area contributed by atoms with Gasteiger partial charge in [0, 0.05) is 50.4 Å². The molecule has 238 valence electrons. The predicted molar refractivity (Wildman–Crippen MR) is 161 cm³/mol. The summed E-state index contributed by atoms with van der Waals surface area (Å²) in [6.07, 6.45) is 1.28. The number of piperidine rings is 1. The Balaban J connectivity index is 1.42. The number of methoxy groups -OCH3 is 1. The number of hydrogen-bond acceptors (Lipinski definition) is 8. The zero-order chi connectivity index (χ0) is 32.1. The number of sulfone groups is 1. The zero-order valence-electron chi connectivity index (χ0n) is 24.9. The number of hydrogen-bond donors (Lipinski definition) is 2. The molecule has 2 N–H and O–H groups in total. The second-order valence-electron chi connectivity index (χ2n) is 11.0. The minimum atomic E-state index is -3.53. The maximum Gasteiger partial charge on any atom is 0.258 e. The Hall–Kier alpha value is -4.65. The SMILES string of the molecule is COc1ccc2cc1OCC(=O)N[C@@H]1CN(C(=O)c3cccc(S(C)(=O)=O)c3)CC[C@H]1Oc1cc(F)cc(c1)CNC(=O)CC2. The van der Waals surface area contributed by atoms with Gasteiger partial charge in [0.25, 0.3) is 11.8 Å². The second-order valence-corrected chi connectivity index (χ2v) is 13.0. The highest BCUT2D eigenvalue weighted by Gasteiger charge is 2.35. The number of nitrogens with zero attached hydrogens (tertiary/aromatic N) is 1. The average Bonchev–Trinajstić information content (AvgIpc) is 3.01. The Morgan fingerprint density at radius 2 is 1.84 bits per heavy atom. The molecule has 0 radical (unpaired) electrons. The molecule has 2 atom stereocenters. The van der Waals surface area contributed by atoms with Crippen LogP contribution in [0.4, 0.5) is 4.39 Å². The number of likely N-dealkylation sites (tertiary alicyclic amines) is 1. The van der Waals surface area contributed by atoms with Crippen LogP contribution in [-0.2, 0) is 32.4 Å². The van der Waals surface area contributed by atoms with Gasteiger partial charge in [-0.25, -0.2) is 12.8 Å². The van der Waals surface area contributed by atoms with Crippen LogP contribution in [0.1, 0.15) is 34.3 Å². The molecule has 4 bridgehead atoms. The Kier molecular flexibility index (Phi) is 9.57. The fraction of sp³-hybridized carbons (Fsp3) is 0.344. The minimum Gasteiger partial charge on any atom is -0.493 e. The van der Waals surface area contributed by atoms with Gasteiger partial charge in [0.1, 0.15) is 17.7 Å². The van der Waals surface area contributed by atoms with E-state index >= 15 is 0 Å². The first-order chi connectivity index (χ1) is 21.5. The van der Waals surface area contributed by atoms with Crippen LogP contribution in [0.3, 0.4) is 0 Å². The van der Waals surface area contributed by atoms with Crippen molar-refractivity contribution in [1.29, 1.82) is 0 Å². The molecule has 3 amide bonds. The molecule has 1 saturated heterocycles. The summed E-state index contributed by atoms with van der Waals surface area (Å²) in [5.41, 5.74) is 1.49. The van der Waals surface area contributed by atoms with Gasteiger partial charge in [-0.1, -0.05) is 12.1 Å². The molecule has 3 aromatic rings. The summed E-state index contributed by atoms with van der Waals surface area (Å²) in [6, 6.07) is 14.4. The molecule has 45 heavy (non-hydrogen) atoms. The van der Waals surface area contributed by atoms with Gasteiger partial charge < -0.3 is 29.7 Å². The van der Waals surface area contributed by atoms with Crippen LogP contribution >= 0.6 is 0 Å². The summed E-state index contributed by atoms with van der Waals surface area (Å²) in [4.78, 5) is 40.7. The summed E-state index contributed by atoms with van der Waals surface area (Å²) >= 11 is 0. The van der Waals surface area contributed by atoms with Crippen LogP contribution in [0.15, 0.2) is 65.6 Å². The van der Waals surface area contributed by atoms with E-state index in [4.69, 9.17) is 14.2 Å². The number of ether oxygens (including phenoxy) is 3. The number of halogens is 1. The summed E-state index contributed by atoms with van der Waals surface area (Å²) in [5.74, 6) is -0.719. The molecule has 0 aliphatic carbocycles. The van der Waals surface area contributed by atoms with E-state index in [0.29, 0.717) is 23.5 Å². The van der Waals surface area contributed by atoms with E-state index in [1.165, 1.54) is 48.4 Å². The molecular weight excluding hydrogens is 605 g/mol. The van der Waals surface area contributed by atoms with E-state index in [-0.39, 0.29) is 61.2 Å². The Bertz CT molecular complexity index is 1710. The van der Waals surface area contributed by atoms with Crippen LogP contribution in [0, 0.1) is 5.82 Å². The maximum atomic E-state index is 14.6. The van der Waals surface area contributed by atoms with E-state index < -0.39 is 39.6 Å². The predicted octanol–water partition coefficient (Wildman–Crippen LogP) is 2.66. The normalized spacial score (nSPS) is 19.4. The monoisotopic (exact) mass is 639 g/mol. The molecule has 1 fully saturated rings. The standard InChI is InChI=1S/C32H34FN3O8S/c1-42-28-8-6-20-7-9-30(37)34-17-21-12-23(33)16-24(13-21)44-27-10-11-36(18-26(27)35-31(38)19-43-29(28)14-20)32(39)22-4-3-5-25(15-22)45(2,40)41/h3-6,8,12-16,26-27H,7,9-11,17-19H2,1-2H3,(H,34,37)(H,35,38)/t26-,27-/m1/s1. The Morgan fingerprint density at radius 3 is 2.62 bits per heavy atom. The second kappa shape index (κ2) is 13.6. The third-order valence-electron chi connectivity index (χ3n) is 7.63. The molecule has 3 aromatic carbocycles. The van der Waals surface area contributed by atoms with E-state index in [1.807, 2.05) is 0 Å². The van der Waals surface area contributed by atoms with E-state index in [9.17, 15) is 27.2 Å². The molecule has 11 nitrogen and oxygen atoms in total. The van der Waals surface area contributed by atoms with Crippen LogP contribution in [0.25, 0.3) is 0 Å². The Labute approximate surface area is 260 Å². The quantitative estimate of drug-likeness (QED) is 0.446. The van der Waals surface area contributed by atoms with Gasteiger partial charge >= 0.3 is 0 Å². The van der Waals surface area contributed by atoms with Crippen molar-refractivity contribution >= 4 is 27.6 Å². The number of nitrogens with one attached hydrogen (secondary N) is 2. The number of carbonyl (C=O) groups is 3. The fourth-order valence-corrected chi connectivity index (χ4v) is 6.00. The molecule has 13 heteroatoms. The lowest BCUT2D eigenvalue weighted by atomic mass is 10.0. The smallest absolute Gasteiger partial charge is 0.258 e. The minimum absolute atomic E-state index is 0.0193. The highest BCUT2D eigenvalue weighted by atomic mass is 32.2. The van der Waals surface area contributed by atoms with Crippen molar-refractivity contribution < 1.29 is 41.4 Å². The maximum absolute atomic E-state index is 14.6. The van der Waals surface area contributed by atoms with Gasteiger partial charge in [-0.2, -0.15) is 0 Å². The van der Waals surface area contributed by atoms with Crippen molar-refractivity contribution in [2.24, 2.45) is 0 Å². The van der Waals surface area contributed by atoms with Gasteiger partial charge in [-0.15, -0.1) is 0 Å². The fourth-order valence-electron chi connectivity index (χ4n) is 5.33. The van der Waals surface area contributed by atoms with Gasteiger partial charge in [0.15, 0.2) is 27.9 Å². The van der Waals surface area contributed by atoms with Crippen molar-refractivity contribution in [3.8, 4) is 17.2 Å². The molecular formula is C32H34FN3O8S. The van der Waals surface area contributed by atoms with E-state index in [0.717, 1.165) is 11.8 Å². The molecule has 2 aliphatic rings. The van der Waals surface area contributed by atoms with Gasteiger partial charge in [0.05, 0.1) is 18.0 Å². The van der Waals surface area contributed by atoms with Gasteiger partial charge in [-0.05, 0) is 60.0 Å². The number of carbonyl (C=O) groups excluding carboxylic acids is 3. The van der Waals surface area contributed by atoms with Gasteiger partial charge in [0.2, 0.25) is 5.91 Å². The molecule has 0 saturated carbocycles. The first-order valence-corrected chi connectivity index (χ1v) is 16.3. The summed E-state index contributed by atoms with van der Waals surface area (Å²) in [5, 5.41) is 5.71. The highest BCUT2D eigenvalue weighted by molar-refractivity contribution is 7.90. The van der Waals surface area contributed by atoms with Crippen LogP contribution < -0.4 is 24.8 Å². The summed E-state index contributed by atoms with van der Waals surface area (Å²) in [7, 11) is -2.05. The molecule has 0 aromatic heterocycles. The molecule has 2 heterocycles. The lowest BCUT2D eigenvalue weighted by Gasteiger charge is -2.39.